The first kappa shape index (κ1) is 13.6. The second-order valence-corrected chi connectivity index (χ2v) is 4.41. The SMILES string of the molecule is CCNC(C)/C=C/c1ccc(-c2ccc(F)cc2)o1. The van der Waals surface area contributed by atoms with Crippen LogP contribution in [0.1, 0.15) is 19.6 Å². The molecule has 0 radical (unpaired) electrons. The van der Waals surface area contributed by atoms with E-state index in [1.54, 1.807) is 12.1 Å². The van der Waals surface area contributed by atoms with Crippen molar-refractivity contribution >= 4 is 6.08 Å². The van der Waals surface area contributed by atoms with Gasteiger partial charge in [0.05, 0.1) is 0 Å². The molecule has 0 saturated carbocycles. The molecule has 0 amide bonds. The summed E-state index contributed by atoms with van der Waals surface area (Å²) >= 11 is 0. The maximum Gasteiger partial charge on any atom is 0.134 e. The summed E-state index contributed by atoms with van der Waals surface area (Å²) in [6.45, 7) is 5.10. The van der Waals surface area contributed by atoms with Gasteiger partial charge >= 0.3 is 0 Å². The predicted molar refractivity (Wildman–Crippen MR) is 76.3 cm³/mol. The van der Waals surface area contributed by atoms with Crippen molar-refractivity contribution in [3.63, 3.8) is 0 Å². The average molecular weight is 259 g/mol. The molecule has 2 rings (SSSR count). The first-order valence-corrected chi connectivity index (χ1v) is 6.46. The molecule has 0 aliphatic carbocycles. The van der Waals surface area contributed by atoms with Crippen molar-refractivity contribution in [2.75, 3.05) is 6.54 Å². The number of likely N-dealkylation sites (N-methyl/N-ethyl adjacent to an activating group) is 1. The van der Waals surface area contributed by atoms with E-state index in [1.165, 1.54) is 12.1 Å². The highest BCUT2D eigenvalue weighted by molar-refractivity contribution is 5.59. The smallest absolute Gasteiger partial charge is 0.134 e. The zero-order chi connectivity index (χ0) is 13.7. The maximum absolute atomic E-state index is 12.8. The molecular formula is C16H18FNO. The summed E-state index contributed by atoms with van der Waals surface area (Å²) in [4.78, 5) is 0. The van der Waals surface area contributed by atoms with Gasteiger partial charge in [0, 0.05) is 11.6 Å². The fourth-order valence-corrected chi connectivity index (χ4v) is 1.84. The van der Waals surface area contributed by atoms with Crippen molar-refractivity contribution in [3.05, 3.63) is 54.1 Å². The van der Waals surface area contributed by atoms with Gasteiger partial charge in [0.25, 0.3) is 0 Å². The highest BCUT2D eigenvalue weighted by Gasteiger charge is 2.03. The molecule has 2 aromatic rings. The Labute approximate surface area is 112 Å². The zero-order valence-electron chi connectivity index (χ0n) is 11.2. The number of halogens is 1. The fraction of sp³-hybridized carbons (Fsp3) is 0.250. The summed E-state index contributed by atoms with van der Waals surface area (Å²) in [6.07, 6.45) is 4.00. The van der Waals surface area contributed by atoms with Gasteiger partial charge in [-0.2, -0.15) is 0 Å². The Kier molecular flexibility index (Phi) is 4.53. The van der Waals surface area contributed by atoms with Crippen LogP contribution in [0.2, 0.25) is 0 Å². The number of furan rings is 1. The first-order chi connectivity index (χ1) is 9.19. The average Bonchev–Trinajstić information content (AvgIpc) is 2.86. The minimum absolute atomic E-state index is 0.241. The Balaban J connectivity index is 2.08. The molecule has 1 aromatic heterocycles. The van der Waals surface area contributed by atoms with Gasteiger partial charge in [0.2, 0.25) is 0 Å². The van der Waals surface area contributed by atoms with Crippen LogP contribution in [-0.4, -0.2) is 12.6 Å². The third kappa shape index (κ3) is 3.80. The van der Waals surface area contributed by atoms with E-state index in [0.29, 0.717) is 6.04 Å². The molecule has 100 valence electrons. The van der Waals surface area contributed by atoms with E-state index >= 15 is 0 Å². The van der Waals surface area contributed by atoms with E-state index in [0.717, 1.165) is 23.6 Å². The van der Waals surface area contributed by atoms with Gasteiger partial charge in [-0.1, -0.05) is 13.0 Å². The molecule has 2 nitrogen and oxygen atoms in total. The van der Waals surface area contributed by atoms with Gasteiger partial charge in [-0.05, 0) is 55.9 Å². The second-order valence-electron chi connectivity index (χ2n) is 4.41. The summed E-state index contributed by atoms with van der Waals surface area (Å²) in [6, 6.07) is 10.4. The predicted octanol–water partition coefficient (Wildman–Crippen LogP) is 4.10. The van der Waals surface area contributed by atoms with Crippen LogP contribution >= 0.6 is 0 Å². The van der Waals surface area contributed by atoms with Gasteiger partial charge in [-0.25, -0.2) is 4.39 Å². The Morgan fingerprint density at radius 1 is 1.21 bits per heavy atom. The molecular weight excluding hydrogens is 241 g/mol. The molecule has 0 fully saturated rings. The van der Waals surface area contributed by atoms with Crippen LogP contribution in [0.25, 0.3) is 17.4 Å². The van der Waals surface area contributed by atoms with E-state index < -0.39 is 0 Å². The van der Waals surface area contributed by atoms with E-state index in [9.17, 15) is 4.39 Å². The van der Waals surface area contributed by atoms with Crippen LogP contribution in [0.15, 0.2) is 46.9 Å². The minimum Gasteiger partial charge on any atom is -0.457 e. The fourth-order valence-electron chi connectivity index (χ4n) is 1.84. The van der Waals surface area contributed by atoms with Crippen LogP contribution in [-0.2, 0) is 0 Å². The normalized spacial score (nSPS) is 13.0. The van der Waals surface area contributed by atoms with Gasteiger partial charge in [0.15, 0.2) is 0 Å². The molecule has 0 bridgehead atoms. The van der Waals surface area contributed by atoms with E-state index in [1.807, 2.05) is 18.2 Å². The summed E-state index contributed by atoms with van der Waals surface area (Å²) in [7, 11) is 0. The lowest BCUT2D eigenvalue weighted by Crippen LogP contribution is -2.22. The number of nitrogens with one attached hydrogen (secondary N) is 1. The van der Waals surface area contributed by atoms with Crippen LogP contribution < -0.4 is 5.32 Å². The third-order valence-electron chi connectivity index (χ3n) is 2.83. The molecule has 19 heavy (non-hydrogen) atoms. The Bertz CT molecular complexity index is 542. The lowest BCUT2D eigenvalue weighted by atomic mass is 10.2. The topological polar surface area (TPSA) is 25.2 Å². The van der Waals surface area contributed by atoms with E-state index in [2.05, 4.69) is 25.2 Å². The van der Waals surface area contributed by atoms with Gasteiger partial charge in [-0.3, -0.25) is 0 Å². The summed E-state index contributed by atoms with van der Waals surface area (Å²) in [5.74, 6) is 1.30. The molecule has 0 aliphatic heterocycles. The summed E-state index contributed by atoms with van der Waals surface area (Å²) in [5.41, 5.74) is 0.876. The van der Waals surface area contributed by atoms with Crippen LogP contribution in [0.5, 0.6) is 0 Å². The van der Waals surface area contributed by atoms with Crippen LogP contribution in [0.3, 0.4) is 0 Å². The molecule has 1 atom stereocenters. The number of hydrogen-bond acceptors (Lipinski definition) is 2. The third-order valence-corrected chi connectivity index (χ3v) is 2.83. The Hall–Kier alpha value is -1.87. The lowest BCUT2D eigenvalue weighted by molar-refractivity contribution is 0.570. The quantitative estimate of drug-likeness (QED) is 0.874. The molecule has 1 N–H and O–H groups in total. The van der Waals surface area contributed by atoms with Crippen molar-refractivity contribution < 1.29 is 8.81 Å². The Morgan fingerprint density at radius 2 is 1.95 bits per heavy atom. The van der Waals surface area contributed by atoms with Gasteiger partial charge < -0.3 is 9.73 Å². The number of hydrogen-bond donors (Lipinski definition) is 1. The molecule has 1 heterocycles. The van der Waals surface area contributed by atoms with Crippen molar-refractivity contribution in [2.45, 2.75) is 19.9 Å². The molecule has 1 unspecified atom stereocenters. The molecule has 0 spiro atoms. The largest absolute Gasteiger partial charge is 0.457 e. The molecule has 0 aliphatic rings. The number of benzene rings is 1. The lowest BCUT2D eigenvalue weighted by Gasteiger charge is -2.04. The first-order valence-electron chi connectivity index (χ1n) is 6.46. The molecule has 1 aromatic carbocycles. The minimum atomic E-state index is -0.241. The van der Waals surface area contributed by atoms with Crippen LogP contribution in [0, 0.1) is 5.82 Å². The number of rotatable bonds is 5. The second kappa shape index (κ2) is 6.34. The van der Waals surface area contributed by atoms with Crippen molar-refractivity contribution in [3.8, 4) is 11.3 Å². The highest BCUT2D eigenvalue weighted by atomic mass is 19.1. The van der Waals surface area contributed by atoms with Crippen LogP contribution in [0.4, 0.5) is 4.39 Å². The van der Waals surface area contributed by atoms with Gasteiger partial charge in [-0.15, -0.1) is 0 Å². The monoisotopic (exact) mass is 259 g/mol. The van der Waals surface area contributed by atoms with Gasteiger partial charge in [0.1, 0.15) is 17.3 Å². The van der Waals surface area contributed by atoms with E-state index in [-0.39, 0.29) is 5.82 Å². The van der Waals surface area contributed by atoms with Crippen molar-refractivity contribution in [1.29, 1.82) is 0 Å². The summed E-state index contributed by atoms with van der Waals surface area (Å²) in [5, 5.41) is 3.29. The highest BCUT2D eigenvalue weighted by Crippen LogP contribution is 2.23. The summed E-state index contributed by atoms with van der Waals surface area (Å²) < 4.78 is 18.5. The van der Waals surface area contributed by atoms with E-state index in [4.69, 9.17) is 4.42 Å². The van der Waals surface area contributed by atoms with Crippen molar-refractivity contribution in [2.24, 2.45) is 0 Å². The zero-order valence-corrected chi connectivity index (χ0v) is 11.2. The maximum atomic E-state index is 12.8. The van der Waals surface area contributed by atoms with Crippen molar-refractivity contribution in [1.82, 2.24) is 5.32 Å². The molecule has 0 saturated heterocycles. The molecule has 3 heteroatoms. The Morgan fingerprint density at radius 3 is 2.63 bits per heavy atom. The standard InChI is InChI=1S/C16H18FNO/c1-3-18-12(2)4-9-15-10-11-16(19-15)13-5-7-14(17)8-6-13/h4-12,18H,3H2,1-2H3/b9-4+.